The number of hydrogen-bond donors (Lipinski definition) is 1. The number of nitrogens with zero attached hydrogens (tertiary/aromatic N) is 1. The van der Waals surface area contributed by atoms with Crippen LogP contribution in [-0.2, 0) is 9.53 Å². The van der Waals surface area contributed by atoms with E-state index in [9.17, 15) is 18.0 Å². The smallest absolute Gasteiger partial charge is 0.401 e. The second kappa shape index (κ2) is 7.45. The molecule has 1 aliphatic carbocycles. The fourth-order valence-electron chi connectivity index (χ4n) is 2.67. The highest BCUT2D eigenvalue weighted by molar-refractivity contribution is 5.82. The Morgan fingerprint density at radius 2 is 1.86 bits per heavy atom. The molecule has 1 saturated carbocycles. The molecule has 1 N–H and O–H groups in total. The van der Waals surface area contributed by atoms with Crippen molar-refractivity contribution in [1.82, 2.24) is 10.2 Å². The number of halogens is 3. The average Bonchev–Trinajstić information content (AvgIpc) is 3.20. The van der Waals surface area contributed by atoms with E-state index in [2.05, 4.69) is 5.32 Å². The lowest BCUT2D eigenvalue weighted by atomic mass is 9.92. The Morgan fingerprint density at radius 1 is 1.24 bits per heavy atom. The predicted molar refractivity (Wildman–Crippen MR) is 73.9 cm³/mol. The van der Waals surface area contributed by atoms with Gasteiger partial charge >= 0.3 is 12.1 Å². The summed E-state index contributed by atoms with van der Waals surface area (Å²) in [6, 6.07) is 0. The second-order valence-electron chi connectivity index (χ2n) is 5.41. The number of carbonyl (C=O) groups is 1. The van der Waals surface area contributed by atoms with Crippen LogP contribution in [0.15, 0.2) is 0 Å². The van der Waals surface area contributed by atoms with Crippen LogP contribution in [0.4, 0.5) is 13.2 Å². The molecule has 0 radical (unpaired) electrons. The summed E-state index contributed by atoms with van der Waals surface area (Å²) < 4.78 is 43.1. The number of nitrogens with one attached hydrogen (secondary N) is 1. The zero-order chi connectivity index (χ0) is 16.1. The highest BCUT2D eigenvalue weighted by Crippen LogP contribution is 2.41. The Morgan fingerprint density at radius 3 is 2.24 bits per heavy atom. The number of ether oxygens (including phenoxy) is 1. The monoisotopic (exact) mass is 310 g/mol. The molecule has 124 valence electrons. The van der Waals surface area contributed by atoms with E-state index in [4.69, 9.17) is 4.74 Å². The highest BCUT2D eigenvalue weighted by Gasteiger charge is 2.52. The molecule has 1 unspecified atom stereocenters. The number of alkyl halides is 3. The summed E-state index contributed by atoms with van der Waals surface area (Å²) in [7, 11) is 0. The molecule has 1 rings (SSSR count). The van der Waals surface area contributed by atoms with Crippen molar-refractivity contribution in [1.29, 1.82) is 0 Å². The van der Waals surface area contributed by atoms with Crippen molar-refractivity contribution in [3.05, 3.63) is 0 Å². The van der Waals surface area contributed by atoms with Gasteiger partial charge in [-0.2, -0.15) is 13.2 Å². The lowest BCUT2D eigenvalue weighted by molar-refractivity contribution is -0.161. The van der Waals surface area contributed by atoms with Gasteiger partial charge in [-0.15, -0.1) is 0 Å². The SMILES string of the molecule is CCNC(CN(CC)CC(F)(F)F)(C(=O)OCC)C1CC1. The molecule has 1 atom stereocenters. The summed E-state index contributed by atoms with van der Waals surface area (Å²) in [4.78, 5) is 13.6. The van der Waals surface area contributed by atoms with Gasteiger partial charge in [0.15, 0.2) is 0 Å². The number of rotatable bonds is 9. The van der Waals surface area contributed by atoms with Gasteiger partial charge in [0.05, 0.1) is 13.2 Å². The van der Waals surface area contributed by atoms with Crippen LogP contribution in [0.5, 0.6) is 0 Å². The summed E-state index contributed by atoms with van der Waals surface area (Å²) in [6.45, 7) is 5.20. The number of hydrogen-bond acceptors (Lipinski definition) is 4. The van der Waals surface area contributed by atoms with Crippen LogP contribution in [0.1, 0.15) is 33.6 Å². The highest BCUT2D eigenvalue weighted by atomic mass is 19.4. The first-order valence-electron chi connectivity index (χ1n) is 7.50. The third kappa shape index (κ3) is 5.14. The van der Waals surface area contributed by atoms with Crippen molar-refractivity contribution in [2.24, 2.45) is 5.92 Å². The van der Waals surface area contributed by atoms with Crippen LogP contribution < -0.4 is 5.32 Å². The molecular weight excluding hydrogens is 285 g/mol. The van der Waals surface area contributed by atoms with E-state index in [1.807, 2.05) is 6.92 Å². The Labute approximate surface area is 124 Å². The maximum absolute atomic E-state index is 12.6. The van der Waals surface area contributed by atoms with Crippen LogP contribution in [0.3, 0.4) is 0 Å². The van der Waals surface area contributed by atoms with E-state index < -0.39 is 24.2 Å². The minimum atomic E-state index is -4.27. The van der Waals surface area contributed by atoms with Crippen LogP contribution in [0.25, 0.3) is 0 Å². The van der Waals surface area contributed by atoms with E-state index in [1.165, 1.54) is 4.90 Å². The fourth-order valence-corrected chi connectivity index (χ4v) is 2.67. The maximum Gasteiger partial charge on any atom is 0.401 e. The van der Waals surface area contributed by atoms with E-state index in [1.54, 1.807) is 13.8 Å². The molecule has 0 heterocycles. The number of esters is 1. The average molecular weight is 310 g/mol. The maximum atomic E-state index is 12.6. The van der Waals surface area contributed by atoms with Gasteiger partial charge in [0.2, 0.25) is 0 Å². The first kappa shape index (κ1) is 18.2. The van der Waals surface area contributed by atoms with Crippen molar-refractivity contribution in [3.8, 4) is 0 Å². The summed E-state index contributed by atoms with van der Waals surface area (Å²) in [5.74, 6) is -0.381. The van der Waals surface area contributed by atoms with Crippen LogP contribution in [0.2, 0.25) is 0 Å². The number of carbonyl (C=O) groups excluding carboxylic acids is 1. The van der Waals surface area contributed by atoms with Crippen molar-refractivity contribution in [3.63, 3.8) is 0 Å². The zero-order valence-electron chi connectivity index (χ0n) is 12.9. The van der Waals surface area contributed by atoms with Gasteiger partial charge in [-0.1, -0.05) is 13.8 Å². The van der Waals surface area contributed by atoms with Crippen molar-refractivity contribution < 1.29 is 22.7 Å². The van der Waals surface area contributed by atoms with Crippen molar-refractivity contribution in [2.75, 3.05) is 32.8 Å². The minimum absolute atomic E-state index is 0.0281. The molecule has 0 spiro atoms. The molecular formula is C14H25F3N2O2. The summed E-state index contributed by atoms with van der Waals surface area (Å²) in [5.41, 5.74) is -1.02. The van der Waals surface area contributed by atoms with Crippen LogP contribution in [0, 0.1) is 5.92 Å². The van der Waals surface area contributed by atoms with Gasteiger partial charge in [0, 0.05) is 6.54 Å². The van der Waals surface area contributed by atoms with E-state index in [-0.39, 0.29) is 25.6 Å². The molecule has 0 aromatic heterocycles. The number of likely N-dealkylation sites (N-methyl/N-ethyl adjacent to an activating group) is 2. The fraction of sp³-hybridized carbons (Fsp3) is 0.929. The van der Waals surface area contributed by atoms with E-state index in [0.29, 0.717) is 6.54 Å². The Kier molecular flexibility index (Phi) is 6.46. The molecule has 4 nitrogen and oxygen atoms in total. The lowest BCUT2D eigenvalue weighted by Gasteiger charge is -2.37. The molecule has 0 aliphatic heterocycles. The van der Waals surface area contributed by atoms with Gasteiger partial charge in [-0.3, -0.25) is 4.90 Å². The quantitative estimate of drug-likeness (QED) is 0.663. The molecule has 1 aliphatic rings. The third-order valence-corrected chi connectivity index (χ3v) is 3.73. The molecule has 0 amide bonds. The predicted octanol–water partition coefficient (Wildman–Crippen LogP) is 2.19. The van der Waals surface area contributed by atoms with E-state index >= 15 is 0 Å². The molecule has 7 heteroatoms. The standard InChI is InChI=1S/C14H25F3N2O2/c1-4-18-13(11-7-8-11,12(20)21-6-3)9-19(5-2)10-14(15,16)17/h11,18H,4-10H2,1-3H3. The van der Waals surface area contributed by atoms with Gasteiger partial charge in [-0.25, -0.2) is 4.79 Å². The Bertz CT molecular complexity index is 346. The second-order valence-corrected chi connectivity index (χ2v) is 5.41. The molecule has 0 aromatic rings. The molecule has 0 saturated heterocycles. The molecule has 0 aromatic carbocycles. The third-order valence-electron chi connectivity index (χ3n) is 3.73. The molecule has 0 bridgehead atoms. The largest absolute Gasteiger partial charge is 0.465 e. The Hall–Kier alpha value is -0.820. The summed E-state index contributed by atoms with van der Waals surface area (Å²) in [6.07, 6.45) is -2.59. The van der Waals surface area contributed by atoms with Crippen LogP contribution >= 0.6 is 0 Å². The van der Waals surface area contributed by atoms with Gasteiger partial charge in [0.25, 0.3) is 0 Å². The minimum Gasteiger partial charge on any atom is -0.465 e. The normalized spacial score (nSPS) is 18.6. The molecule has 1 fully saturated rings. The van der Waals surface area contributed by atoms with Gasteiger partial charge in [-0.05, 0) is 38.8 Å². The van der Waals surface area contributed by atoms with Crippen molar-refractivity contribution in [2.45, 2.75) is 45.3 Å². The lowest BCUT2D eigenvalue weighted by Crippen LogP contribution is -2.62. The summed E-state index contributed by atoms with van der Waals surface area (Å²) in [5, 5.41) is 3.11. The van der Waals surface area contributed by atoms with Crippen LogP contribution in [-0.4, -0.2) is 55.4 Å². The van der Waals surface area contributed by atoms with Crippen molar-refractivity contribution >= 4 is 5.97 Å². The summed E-state index contributed by atoms with van der Waals surface area (Å²) >= 11 is 0. The first-order valence-corrected chi connectivity index (χ1v) is 7.50. The van der Waals surface area contributed by atoms with Gasteiger partial charge < -0.3 is 10.1 Å². The molecule has 21 heavy (non-hydrogen) atoms. The zero-order valence-corrected chi connectivity index (χ0v) is 12.9. The van der Waals surface area contributed by atoms with E-state index in [0.717, 1.165) is 12.8 Å². The van der Waals surface area contributed by atoms with Gasteiger partial charge in [0.1, 0.15) is 5.54 Å². The first-order chi connectivity index (χ1) is 9.79. The topological polar surface area (TPSA) is 41.6 Å². The Balaban J connectivity index is 2.91.